The van der Waals surface area contributed by atoms with Crippen LogP contribution in [-0.4, -0.2) is 18.7 Å². The Bertz CT molecular complexity index is 501. The maximum Gasteiger partial charge on any atom is 0.201 e. The summed E-state index contributed by atoms with van der Waals surface area (Å²) in [4.78, 5) is 0. The Labute approximate surface area is 99.2 Å². The van der Waals surface area contributed by atoms with E-state index >= 15 is 0 Å². The van der Waals surface area contributed by atoms with E-state index < -0.39 is 0 Å². The molecule has 1 aromatic carbocycles. The number of nitriles is 1. The van der Waals surface area contributed by atoms with Gasteiger partial charge >= 0.3 is 0 Å². The van der Waals surface area contributed by atoms with Crippen molar-refractivity contribution in [2.75, 3.05) is 12.5 Å². The van der Waals surface area contributed by atoms with Gasteiger partial charge in [0.25, 0.3) is 0 Å². The number of ether oxygens (including phenoxy) is 1. The van der Waals surface area contributed by atoms with Crippen molar-refractivity contribution in [2.24, 2.45) is 10.8 Å². The van der Waals surface area contributed by atoms with Crippen molar-refractivity contribution in [3.63, 3.8) is 0 Å². The Morgan fingerprint density at radius 2 is 2.29 bits per heavy atom. The standard InChI is InChI=1S/C11H13N5O/c1-7-8(4-3-5-10(7)17-2)15-16-9(6-12)11(13)14/h3-5,15H,1-2H3,(H3,13,14)/b16-9+. The molecule has 0 fully saturated rings. The molecule has 17 heavy (non-hydrogen) atoms. The topological polar surface area (TPSA) is 107 Å². The fourth-order valence-corrected chi connectivity index (χ4v) is 1.22. The second-order valence-corrected chi connectivity index (χ2v) is 3.23. The molecule has 0 bridgehead atoms. The van der Waals surface area contributed by atoms with Gasteiger partial charge in [-0.15, -0.1) is 0 Å². The number of nitrogens with two attached hydrogens (primary N) is 1. The van der Waals surface area contributed by atoms with E-state index in [1.807, 2.05) is 13.0 Å². The molecule has 0 radical (unpaired) electrons. The van der Waals surface area contributed by atoms with Gasteiger partial charge in [-0.25, -0.2) is 0 Å². The van der Waals surface area contributed by atoms with Crippen molar-refractivity contribution in [3.8, 4) is 11.8 Å². The van der Waals surface area contributed by atoms with Gasteiger partial charge in [0, 0.05) is 5.56 Å². The molecule has 1 rings (SSSR count). The number of nitrogens with zero attached hydrogens (tertiary/aromatic N) is 2. The molecular formula is C11H13N5O. The minimum atomic E-state index is -0.374. The summed E-state index contributed by atoms with van der Waals surface area (Å²) >= 11 is 0. The number of rotatable bonds is 4. The van der Waals surface area contributed by atoms with E-state index in [0.717, 1.165) is 5.56 Å². The van der Waals surface area contributed by atoms with E-state index in [1.165, 1.54) is 0 Å². The van der Waals surface area contributed by atoms with Crippen molar-refractivity contribution in [1.82, 2.24) is 0 Å². The van der Waals surface area contributed by atoms with E-state index in [9.17, 15) is 0 Å². The molecule has 4 N–H and O–H groups in total. The lowest BCUT2D eigenvalue weighted by Crippen LogP contribution is -2.21. The Balaban J connectivity index is 2.97. The van der Waals surface area contributed by atoms with Crippen LogP contribution in [0, 0.1) is 23.7 Å². The fourth-order valence-electron chi connectivity index (χ4n) is 1.22. The minimum absolute atomic E-state index is 0.160. The largest absolute Gasteiger partial charge is 0.496 e. The van der Waals surface area contributed by atoms with E-state index in [4.69, 9.17) is 21.1 Å². The number of hydrogen-bond acceptors (Lipinski definition) is 5. The molecule has 0 amide bonds. The number of benzene rings is 1. The van der Waals surface area contributed by atoms with Crippen LogP contribution < -0.4 is 15.9 Å². The Morgan fingerprint density at radius 1 is 1.59 bits per heavy atom. The molecule has 0 saturated carbocycles. The van der Waals surface area contributed by atoms with Gasteiger partial charge in [0.2, 0.25) is 5.71 Å². The highest BCUT2D eigenvalue weighted by atomic mass is 16.5. The minimum Gasteiger partial charge on any atom is -0.496 e. The molecule has 0 aromatic heterocycles. The normalized spacial score (nSPS) is 10.5. The highest BCUT2D eigenvalue weighted by molar-refractivity contribution is 6.45. The predicted molar refractivity (Wildman–Crippen MR) is 66.3 cm³/mol. The smallest absolute Gasteiger partial charge is 0.201 e. The fraction of sp³-hybridized carbons (Fsp3) is 0.182. The molecule has 0 aliphatic rings. The van der Waals surface area contributed by atoms with E-state index in [-0.39, 0.29) is 11.5 Å². The van der Waals surface area contributed by atoms with Crippen molar-refractivity contribution >= 4 is 17.2 Å². The summed E-state index contributed by atoms with van der Waals surface area (Å²) in [6.45, 7) is 1.86. The summed E-state index contributed by atoms with van der Waals surface area (Å²) in [6, 6.07) is 7.13. The highest BCUT2D eigenvalue weighted by Crippen LogP contribution is 2.24. The molecule has 0 spiro atoms. The lowest BCUT2D eigenvalue weighted by atomic mass is 10.2. The highest BCUT2D eigenvalue weighted by Gasteiger charge is 2.05. The van der Waals surface area contributed by atoms with Gasteiger partial charge < -0.3 is 10.5 Å². The van der Waals surface area contributed by atoms with Gasteiger partial charge in [0.05, 0.1) is 12.8 Å². The van der Waals surface area contributed by atoms with Crippen LogP contribution in [0.4, 0.5) is 5.69 Å². The van der Waals surface area contributed by atoms with Gasteiger partial charge in [-0.3, -0.25) is 10.8 Å². The molecule has 6 nitrogen and oxygen atoms in total. The van der Waals surface area contributed by atoms with E-state index in [0.29, 0.717) is 11.4 Å². The average Bonchev–Trinajstić information content (AvgIpc) is 2.31. The summed E-state index contributed by atoms with van der Waals surface area (Å²) in [7, 11) is 1.58. The first-order valence-corrected chi connectivity index (χ1v) is 4.82. The number of methoxy groups -OCH3 is 1. The Morgan fingerprint density at radius 3 is 2.82 bits per heavy atom. The molecule has 0 aliphatic heterocycles. The quantitative estimate of drug-likeness (QED) is 0.411. The first-order chi connectivity index (χ1) is 8.10. The molecule has 0 atom stereocenters. The average molecular weight is 231 g/mol. The van der Waals surface area contributed by atoms with Crippen LogP contribution in [0.2, 0.25) is 0 Å². The van der Waals surface area contributed by atoms with E-state index in [1.54, 1.807) is 25.3 Å². The number of hydrazone groups is 1. The van der Waals surface area contributed by atoms with Gasteiger partial charge in [-0.05, 0) is 19.1 Å². The lowest BCUT2D eigenvalue weighted by molar-refractivity contribution is 0.412. The van der Waals surface area contributed by atoms with Crippen LogP contribution in [-0.2, 0) is 0 Å². The van der Waals surface area contributed by atoms with Crippen molar-refractivity contribution in [3.05, 3.63) is 23.8 Å². The molecule has 88 valence electrons. The second kappa shape index (κ2) is 5.51. The summed E-state index contributed by atoms with van der Waals surface area (Å²) in [5.74, 6) is 0.340. The lowest BCUT2D eigenvalue weighted by Gasteiger charge is -2.09. The SMILES string of the molecule is COc1cccc(N/N=C(\C#N)C(=N)N)c1C. The maximum absolute atomic E-state index is 8.68. The van der Waals surface area contributed by atoms with Gasteiger partial charge in [0.1, 0.15) is 11.8 Å². The summed E-state index contributed by atoms with van der Waals surface area (Å²) < 4.78 is 5.15. The maximum atomic E-state index is 8.68. The molecular weight excluding hydrogens is 218 g/mol. The van der Waals surface area contributed by atoms with Crippen LogP contribution in [0.5, 0.6) is 5.75 Å². The monoisotopic (exact) mass is 231 g/mol. The number of hydrogen-bond donors (Lipinski definition) is 3. The van der Waals surface area contributed by atoms with Crippen LogP contribution in [0.3, 0.4) is 0 Å². The third-order valence-electron chi connectivity index (χ3n) is 2.15. The Hall–Kier alpha value is -2.55. The molecule has 0 heterocycles. The molecule has 0 unspecified atom stereocenters. The summed E-state index contributed by atoms with van der Waals surface area (Å²) in [6.07, 6.45) is 0. The second-order valence-electron chi connectivity index (χ2n) is 3.23. The van der Waals surface area contributed by atoms with Gasteiger partial charge in [-0.2, -0.15) is 10.4 Å². The van der Waals surface area contributed by atoms with Gasteiger partial charge in [0.15, 0.2) is 5.84 Å². The first kappa shape index (κ1) is 12.5. The first-order valence-electron chi connectivity index (χ1n) is 4.82. The van der Waals surface area contributed by atoms with Crippen molar-refractivity contribution in [1.29, 1.82) is 10.7 Å². The third kappa shape index (κ3) is 2.95. The zero-order valence-corrected chi connectivity index (χ0v) is 9.61. The zero-order valence-electron chi connectivity index (χ0n) is 9.61. The zero-order chi connectivity index (χ0) is 12.8. The summed E-state index contributed by atoms with van der Waals surface area (Å²) in [5, 5.41) is 19.5. The molecule has 6 heteroatoms. The molecule has 0 aliphatic carbocycles. The predicted octanol–water partition coefficient (Wildman–Crippen LogP) is 1.23. The number of anilines is 1. The van der Waals surface area contributed by atoms with E-state index in [2.05, 4.69) is 10.5 Å². The van der Waals surface area contributed by atoms with Crippen molar-refractivity contribution < 1.29 is 4.74 Å². The van der Waals surface area contributed by atoms with Crippen LogP contribution in [0.15, 0.2) is 23.3 Å². The van der Waals surface area contributed by atoms with Crippen LogP contribution in [0.25, 0.3) is 0 Å². The molecule has 1 aromatic rings. The summed E-state index contributed by atoms with van der Waals surface area (Å²) in [5.41, 5.74) is 9.25. The molecule has 0 saturated heterocycles. The number of amidine groups is 1. The third-order valence-corrected chi connectivity index (χ3v) is 2.15. The van der Waals surface area contributed by atoms with Crippen molar-refractivity contribution in [2.45, 2.75) is 6.92 Å². The van der Waals surface area contributed by atoms with Crippen LogP contribution >= 0.6 is 0 Å². The number of nitrogens with one attached hydrogen (secondary N) is 2. The Kier molecular flexibility index (Phi) is 4.06. The van der Waals surface area contributed by atoms with Crippen LogP contribution in [0.1, 0.15) is 5.56 Å². The van der Waals surface area contributed by atoms with Gasteiger partial charge in [-0.1, -0.05) is 6.07 Å².